The van der Waals surface area contributed by atoms with Crippen molar-refractivity contribution in [2.45, 2.75) is 38.6 Å². The fraction of sp³-hybridized carbons (Fsp3) is 0.333. The number of hydrogen-bond acceptors (Lipinski definition) is 3. The molecule has 1 aliphatic carbocycles. The molecule has 146 valence electrons. The molecule has 7 heteroatoms. The number of halogens is 2. The van der Waals surface area contributed by atoms with Crippen molar-refractivity contribution in [3.63, 3.8) is 0 Å². The molecule has 1 saturated carbocycles. The summed E-state index contributed by atoms with van der Waals surface area (Å²) >= 11 is 0. The van der Waals surface area contributed by atoms with E-state index in [-0.39, 0.29) is 17.1 Å². The largest absolute Gasteiger partial charge is 0.478 e. The van der Waals surface area contributed by atoms with E-state index in [0.29, 0.717) is 22.9 Å². The summed E-state index contributed by atoms with van der Waals surface area (Å²) < 4.78 is 34.3. The van der Waals surface area contributed by atoms with Gasteiger partial charge in [0.2, 0.25) is 0 Å². The number of fused-ring (bicyclic) bond motifs is 1. The Hall–Kier alpha value is -2.96. The Morgan fingerprint density at radius 2 is 1.93 bits per heavy atom. The number of rotatable bonds is 5. The molecule has 5 nitrogen and oxygen atoms in total. The van der Waals surface area contributed by atoms with Crippen LogP contribution in [0.2, 0.25) is 0 Å². The van der Waals surface area contributed by atoms with Gasteiger partial charge in [0.1, 0.15) is 17.1 Å². The quantitative estimate of drug-likeness (QED) is 0.639. The second-order valence-electron chi connectivity index (χ2n) is 7.22. The van der Waals surface area contributed by atoms with Gasteiger partial charge in [-0.15, -0.1) is 0 Å². The lowest BCUT2D eigenvalue weighted by atomic mass is 9.89. The number of carboxylic acid groups (broad SMARTS) is 1. The first-order valence-electron chi connectivity index (χ1n) is 9.37. The van der Waals surface area contributed by atoms with Gasteiger partial charge in [-0.1, -0.05) is 19.3 Å². The van der Waals surface area contributed by atoms with Gasteiger partial charge in [0.05, 0.1) is 11.7 Å². The summed E-state index contributed by atoms with van der Waals surface area (Å²) in [5, 5.41) is 14.7. The molecule has 2 aromatic carbocycles. The predicted octanol–water partition coefficient (Wildman–Crippen LogP) is 5.39. The fourth-order valence-electron chi connectivity index (χ4n) is 3.79. The minimum absolute atomic E-state index is 0.0114. The zero-order chi connectivity index (χ0) is 19.7. The number of nitrogens with zero attached hydrogens (tertiary/aromatic N) is 2. The molecule has 3 aromatic rings. The summed E-state index contributed by atoms with van der Waals surface area (Å²) in [6.45, 7) is 0.745. The second kappa shape index (κ2) is 7.58. The summed E-state index contributed by atoms with van der Waals surface area (Å²) in [6, 6.07) is 5.92. The van der Waals surface area contributed by atoms with Crippen LogP contribution >= 0.6 is 0 Å². The predicted molar refractivity (Wildman–Crippen MR) is 99.7 cm³/mol. The first-order valence-corrected chi connectivity index (χ1v) is 9.37. The normalized spacial score (nSPS) is 15.1. The van der Waals surface area contributed by atoms with Crippen molar-refractivity contribution in [1.29, 1.82) is 0 Å². The van der Waals surface area contributed by atoms with Crippen LogP contribution in [0.1, 0.15) is 42.5 Å². The minimum Gasteiger partial charge on any atom is -0.478 e. The monoisotopic (exact) mass is 386 g/mol. The van der Waals surface area contributed by atoms with Crippen molar-refractivity contribution in [2.24, 2.45) is 5.92 Å². The van der Waals surface area contributed by atoms with Crippen LogP contribution < -0.4 is 4.74 Å². The zero-order valence-electron chi connectivity index (χ0n) is 15.2. The molecule has 0 atom stereocenters. The van der Waals surface area contributed by atoms with E-state index in [2.05, 4.69) is 5.10 Å². The van der Waals surface area contributed by atoms with Gasteiger partial charge in [-0.05, 0) is 43.0 Å². The Morgan fingerprint density at radius 1 is 1.14 bits per heavy atom. The van der Waals surface area contributed by atoms with E-state index in [1.807, 2.05) is 4.68 Å². The zero-order valence-corrected chi connectivity index (χ0v) is 15.2. The van der Waals surface area contributed by atoms with Crippen LogP contribution in [0.5, 0.6) is 11.5 Å². The molecular weight excluding hydrogens is 366 g/mol. The third-order valence-electron chi connectivity index (χ3n) is 5.24. The average Bonchev–Trinajstić information content (AvgIpc) is 3.06. The van der Waals surface area contributed by atoms with Crippen molar-refractivity contribution >= 4 is 16.9 Å². The van der Waals surface area contributed by atoms with Gasteiger partial charge in [-0.3, -0.25) is 4.68 Å². The van der Waals surface area contributed by atoms with E-state index in [9.17, 15) is 18.7 Å². The standard InChI is InChI=1S/C21H20F2N2O3/c22-15-6-7-19(17(23)9-15)28-20-8-14-11-24-25(12-13-4-2-1-3-5-13)18(14)10-16(20)21(26)27/h6-11,13H,1-5,12H2,(H,26,27). The van der Waals surface area contributed by atoms with Crippen molar-refractivity contribution in [3.8, 4) is 11.5 Å². The smallest absolute Gasteiger partial charge is 0.339 e. The number of carbonyl (C=O) groups is 1. The van der Waals surface area contributed by atoms with Gasteiger partial charge in [0.15, 0.2) is 11.6 Å². The Kier molecular flexibility index (Phi) is 4.98. The van der Waals surface area contributed by atoms with E-state index in [1.165, 1.54) is 31.4 Å². The number of aromatic nitrogens is 2. The number of benzene rings is 2. The Bertz CT molecular complexity index is 1030. The molecule has 1 aromatic heterocycles. The van der Waals surface area contributed by atoms with Crippen molar-refractivity contribution in [2.75, 3.05) is 0 Å². The molecule has 28 heavy (non-hydrogen) atoms. The van der Waals surface area contributed by atoms with Crippen LogP contribution in [-0.4, -0.2) is 20.9 Å². The molecule has 1 N–H and O–H groups in total. The van der Waals surface area contributed by atoms with E-state index < -0.39 is 17.6 Å². The highest BCUT2D eigenvalue weighted by atomic mass is 19.1. The third kappa shape index (κ3) is 3.69. The average molecular weight is 386 g/mol. The van der Waals surface area contributed by atoms with Crippen LogP contribution in [0.4, 0.5) is 8.78 Å². The number of carboxylic acids is 1. The number of aromatic carboxylic acids is 1. The van der Waals surface area contributed by atoms with Crippen LogP contribution in [-0.2, 0) is 6.54 Å². The summed E-state index contributed by atoms with van der Waals surface area (Å²) in [6.07, 6.45) is 7.64. The molecule has 1 aliphatic rings. The lowest BCUT2D eigenvalue weighted by Gasteiger charge is -2.21. The first-order chi connectivity index (χ1) is 13.5. The highest BCUT2D eigenvalue weighted by Gasteiger charge is 2.20. The molecule has 0 aliphatic heterocycles. The van der Waals surface area contributed by atoms with Gasteiger partial charge in [0.25, 0.3) is 0 Å². The van der Waals surface area contributed by atoms with E-state index in [4.69, 9.17) is 4.74 Å². The molecule has 0 spiro atoms. The maximum Gasteiger partial charge on any atom is 0.339 e. The van der Waals surface area contributed by atoms with Gasteiger partial charge in [0, 0.05) is 18.0 Å². The molecular formula is C21H20F2N2O3. The topological polar surface area (TPSA) is 64.3 Å². The Labute approximate surface area is 160 Å². The van der Waals surface area contributed by atoms with Crippen LogP contribution in [0.3, 0.4) is 0 Å². The van der Waals surface area contributed by atoms with Crippen LogP contribution in [0.15, 0.2) is 36.5 Å². The molecule has 1 heterocycles. The van der Waals surface area contributed by atoms with Gasteiger partial charge >= 0.3 is 5.97 Å². The van der Waals surface area contributed by atoms with Crippen LogP contribution in [0.25, 0.3) is 10.9 Å². The number of ether oxygens (including phenoxy) is 1. The minimum atomic E-state index is -1.19. The SMILES string of the molecule is O=C(O)c1cc2c(cnn2CC2CCCCC2)cc1Oc1ccc(F)cc1F. The van der Waals surface area contributed by atoms with E-state index >= 15 is 0 Å². The fourth-order valence-corrected chi connectivity index (χ4v) is 3.79. The summed E-state index contributed by atoms with van der Waals surface area (Å²) in [5.74, 6) is -2.54. The van der Waals surface area contributed by atoms with Gasteiger partial charge in [-0.2, -0.15) is 5.10 Å². The molecule has 0 saturated heterocycles. The Balaban J connectivity index is 1.69. The van der Waals surface area contributed by atoms with Crippen molar-refractivity contribution < 1.29 is 23.4 Å². The maximum absolute atomic E-state index is 13.9. The summed E-state index contributed by atoms with van der Waals surface area (Å²) in [5.41, 5.74) is 0.608. The van der Waals surface area contributed by atoms with E-state index in [1.54, 1.807) is 6.20 Å². The molecule has 0 radical (unpaired) electrons. The van der Waals surface area contributed by atoms with Crippen molar-refractivity contribution in [3.05, 3.63) is 53.7 Å². The molecule has 1 fully saturated rings. The van der Waals surface area contributed by atoms with Gasteiger partial charge in [-0.25, -0.2) is 13.6 Å². The second-order valence-corrected chi connectivity index (χ2v) is 7.22. The van der Waals surface area contributed by atoms with Gasteiger partial charge < -0.3 is 9.84 Å². The Morgan fingerprint density at radius 3 is 2.64 bits per heavy atom. The summed E-state index contributed by atoms with van der Waals surface area (Å²) in [7, 11) is 0. The maximum atomic E-state index is 13.9. The lowest BCUT2D eigenvalue weighted by Crippen LogP contribution is -2.15. The first kappa shape index (κ1) is 18.4. The van der Waals surface area contributed by atoms with E-state index in [0.717, 1.165) is 31.5 Å². The molecule has 0 unspecified atom stereocenters. The molecule has 0 amide bonds. The highest BCUT2D eigenvalue weighted by Crippen LogP contribution is 2.33. The third-order valence-corrected chi connectivity index (χ3v) is 5.24. The lowest BCUT2D eigenvalue weighted by molar-refractivity contribution is 0.0694. The molecule has 0 bridgehead atoms. The van der Waals surface area contributed by atoms with Crippen molar-refractivity contribution in [1.82, 2.24) is 9.78 Å². The summed E-state index contributed by atoms with van der Waals surface area (Å²) in [4.78, 5) is 11.8. The number of hydrogen-bond donors (Lipinski definition) is 1. The highest BCUT2D eigenvalue weighted by molar-refractivity contribution is 5.96. The molecule has 4 rings (SSSR count). The van der Waals surface area contributed by atoms with Crippen LogP contribution in [0, 0.1) is 17.6 Å².